The molecule has 4 rings (SSSR count). The number of rotatable bonds is 3. The number of hydrogen-bond donors (Lipinski definition) is 1. The van der Waals surface area contributed by atoms with Crippen LogP contribution >= 0.6 is 11.6 Å². The van der Waals surface area contributed by atoms with E-state index in [4.69, 9.17) is 17.3 Å². The van der Waals surface area contributed by atoms with Gasteiger partial charge in [-0.1, -0.05) is 23.7 Å². The molecule has 0 saturated carbocycles. The number of nitrogen functional groups attached to an aromatic ring is 1. The Labute approximate surface area is 164 Å². The lowest BCUT2D eigenvalue weighted by Gasteiger charge is -2.06. The molecule has 0 fully saturated rings. The van der Waals surface area contributed by atoms with Crippen molar-refractivity contribution >= 4 is 38.3 Å². The van der Waals surface area contributed by atoms with E-state index in [9.17, 15) is 12.8 Å². The summed E-state index contributed by atoms with van der Waals surface area (Å²) in [5, 5.41) is 4.77. The number of sulfone groups is 1. The molecule has 0 unspecified atom stereocenters. The molecule has 0 aliphatic heterocycles. The molecule has 0 atom stereocenters. The van der Waals surface area contributed by atoms with Gasteiger partial charge < -0.3 is 5.73 Å². The number of fused-ring (bicyclic) bond motifs is 1. The van der Waals surface area contributed by atoms with Crippen molar-refractivity contribution in [2.75, 3.05) is 12.0 Å². The van der Waals surface area contributed by atoms with Crippen LogP contribution in [0.2, 0.25) is 5.02 Å². The van der Waals surface area contributed by atoms with Crippen LogP contribution in [0.3, 0.4) is 0 Å². The van der Waals surface area contributed by atoms with E-state index in [1.54, 1.807) is 24.3 Å². The third-order valence-corrected chi connectivity index (χ3v) is 5.13. The molecule has 2 aromatic heterocycles. The van der Waals surface area contributed by atoms with Crippen molar-refractivity contribution in [3.05, 3.63) is 59.4 Å². The zero-order chi connectivity index (χ0) is 20.1. The van der Waals surface area contributed by atoms with Crippen LogP contribution in [0.15, 0.2) is 53.7 Å². The van der Waals surface area contributed by atoms with Gasteiger partial charge in [0.2, 0.25) is 15.0 Å². The van der Waals surface area contributed by atoms with Gasteiger partial charge in [-0.05, 0) is 36.4 Å². The predicted molar refractivity (Wildman–Crippen MR) is 105 cm³/mol. The molecule has 10 heteroatoms. The zero-order valence-electron chi connectivity index (χ0n) is 14.5. The van der Waals surface area contributed by atoms with Crippen molar-refractivity contribution in [2.24, 2.45) is 0 Å². The summed E-state index contributed by atoms with van der Waals surface area (Å²) in [6.07, 6.45) is 1.01. The molecule has 2 N–H and O–H groups in total. The Morgan fingerprint density at radius 1 is 1.11 bits per heavy atom. The first kappa shape index (κ1) is 18.3. The summed E-state index contributed by atoms with van der Waals surface area (Å²) in [6.45, 7) is 0. The Bertz CT molecular complexity index is 1320. The van der Waals surface area contributed by atoms with Crippen LogP contribution in [0.25, 0.3) is 28.0 Å². The van der Waals surface area contributed by atoms with E-state index in [-0.39, 0.29) is 16.6 Å². The second-order valence-electron chi connectivity index (χ2n) is 6.11. The van der Waals surface area contributed by atoms with E-state index in [2.05, 4.69) is 15.1 Å². The number of aromatic nitrogens is 4. The summed E-state index contributed by atoms with van der Waals surface area (Å²) in [7, 11) is -3.70. The number of benzene rings is 2. The van der Waals surface area contributed by atoms with E-state index in [0.717, 1.165) is 6.26 Å². The van der Waals surface area contributed by atoms with Crippen molar-refractivity contribution in [3.63, 3.8) is 0 Å². The molecular formula is C18H13ClFN5O2S. The van der Waals surface area contributed by atoms with Gasteiger partial charge in [0.05, 0.1) is 16.8 Å². The van der Waals surface area contributed by atoms with Gasteiger partial charge in [0.25, 0.3) is 0 Å². The minimum absolute atomic E-state index is 0.104. The van der Waals surface area contributed by atoms with Gasteiger partial charge in [-0.3, -0.25) is 0 Å². The fourth-order valence-corrected chi connectivity index (χ4v) is 3.48. The Morgan fingerprint density at radius 2 is 1.82 bits per heavy atom. The third-order valence-electron chi connectivity index (χ3n) is 4.05. The smallest absolute Gasteiger partial charge is 0.249 e. The Morgan fingerprint density at radius 3 is 2.46 bits per heavy atom. The summed E-state index contributed by atoms with van der Waals surface area (Å²) in [5.41, 5.74) is 7.74. The first-order valence-corrected chi connectivity index (χ1v) is 10.3. The molecule has 0 saturated heterocycles. The van der Waals surface area contributed by atoms with Gasteiger partial charge in [-0.2, -0.15) is 4.98 Å². The lowest BCUT2D eigenvalue weighted by atomic mass is 10.1. The number of hydrogen-bond acceptors (Lipinski definition) is 6. The quantitative estimate of drug-likeness (QED) is 0.513. The molecule has 0 bridgehead atoms. The predicted octanol–water partition coefficient (Wildman–Crippen LogP) is 3.26. The molecular weight excluding hydrogens is 405 g/mol. The van der Waals surface area contributed by atoms with E-state index < -0.39 is 15.7 Å². The fraction of sp³-hybridized carbons (Fsp3) is 0.0556. The number of anilines is 1. The van der Waals surface area contributed by atoms with Crippen molar-refractivity contribution < 1.29 is 12.8 Å². The van der Waals surface area contributed by atoms with Crippen molar-refractivity contribution in [1.29, 1.82) is 0 Å². The van der Waals surface area contributed by atoms with Gasteiger partial charge in [-0.25, -0.2) is 22.5 Å². The van der Waals surface area contributed by atoms with Crippen LogP contribution in [-0.4, -0.2) is 34.4 Å². The maximum atomic E-state index is 13.3. The highest BCUT2D eigenvalue weighted by molar-refractivity contribution is 7.90. The van der Waals surface area contributed by atoms with Crippen molar-refractivity contribution in [2.45, 2.75) is 5.16 Å². The highest BCUT2D eigenvalue weighted by Gasteiger charge is 2.22. The molecule has 0 amide bonds. The normalized spacial score (nSPS) is 11.8. The average Bonchev–Trinajstić information content (AvgIpc) is 2.98. The van der Waals surface area contributed by atoms with Crippen LogP contribution < -0.4 is 5.73 Å². The summed E-state index contributed by atoms with van der Waals surface area (Å²) in [6, 6.07) is 12.3. The lowest BCUT2D eigenvalue weighted by Crippen LogP contribution is -2.05. The van der Waals surface area contributed by atoms with E-state index in [0.29, 0.717) is 27.4 Å². The van der Waals surface area contributed by atoms with Crippen molar-refractivity contribution in [3.8, 4) is 16.9 Å². The summed E-state index contributed by atoms with van der Waals surface area (Å²) in [4.78, 5) is 8.28. The minimum Gasteiger partial charge on any atom is -0.383 e. The van der Waals surface area contributed by atoms with Crippen molar-refractivity contribution in [1.82, 2.24) is 19.7 Å². The Kier molecular flexibility index (Phi) is 4.28. The first-order valence-electron chi connectivity index (χ1n) is 8.02. The minimum atomic E-state index is -3.70. The van der Waals surface area contributed by atoms with E-state index in [1.807, 2.05) is 0 Å². The third kappa shape index (κ3) is 3.19. The highest BCUT2D eigenvalue weighted by Crippen LogP contribution is 2.33. The molecule has 28 heavy (non-hydrogen) atoms. The molecule has 7 nitrogen and oxygen atoms in total. The fourth-order valence-electron chi connectivity index (χ4n) is 2.78. The van der Waals surface area contributed by atoms with Gasteiger partial charge in [0.15, 0.2) is 5.65 Å². The van der Waals surface area contributed by atoms with Crippen LogP contribution in [0.4, 0.5) is 10.2 Å². The molecule has 2 aromatic carbocycles. The molecule has 0 aliphatic rings. The van der Waals surface area contributed by atoms with Crippen LogP contribution in [0.5, 0.6) is 0 Å². The highest BCUT2D eigenvalue weighted by atomic mass is 35.5. The summed E-state index contributed by atoms with van der Waals surface area (Å²) in [5.74, 6) is -0.213. The molecule has 0 radical (unpaired) electrons. The topological polar surface area (TPSA) is 104 Å². The zero-order valence-corrected chi connectivity index (χ0v) is 16.0. The Balaban J connectivity index is 2.07. The second kappa shape index (κ2) is 6.54. The van der Waals surface area contributed by atoms with Crippen LogP contribution in [0.1, 0.15) is 0 Å². The largest absolute Gasteiger partial charge is 0.383 e. The maximum absolute atomic E-state index is 13.3. The van der Waals surface area contributed by atoms with E-state index in [1.165, 1.54) is 28.9 Å². The monoisotopic (exact) mass is 417 g/mol. The number of halogens is 2. The average molecular weight is 418 g/mol. The second-order valence-corrected chi connectivity index (χ2v) is 8.46. The number of nitrogens with two attached hydrogens (primary N) is 1. The molecule has 2 heterocycles. The molecule has 0 aliphatic carbocycles. The molecule has 0 spiro atoms. The lowest BCUT2D eigenvalue weighted by molar-refractivity contribution is 0.593. The first-order chi connectivity index (χ1) is 13.2. The van der Waals surface area contributed by atoms with Gasteiger partial charge in [-0.15, -0.1) is 5.10 Å². The van der Waals surface area contributed by atoms with Crippen LogP contribution in [-0.2, 0) is 9.84 Å². The van der Waals surface area contributed by atoms with Gasteiger partial charge >= 0.3 is 0 Å². The Hall–Kier alpha value is -3.04. The maximum Gasteiger partial charge on any atom is 0.249 e. The SMILES string of the molecule is CS(=O)(=O)c1nc(-c2cccc(Cl)c2)c2c(N)n(-c3ccc(F)cc3)nc2n1. The van der Waals surface area contributed by atoms with Crippen LogP contribution in [0, 0.1) is 5.82 Å². The molecule has 4 aromatic rings. The number of nitrogens with zero attached hydrogens (tertiary/aromatic N) is 4. The standard InChI is InChI=1S/C18H13ClFN5O2S/c1-28(26,27)18-22-15(10-3-2-4-11(19)9-10)14-16(21)25(24-17(14)23-18)13-7-5-12(20)6-8-13/h2-9H,21H2,1H3. The summed E-state index contributed by atoms with van der Waals surface area (Å²) >= 11 is 6.08. The molecule has 142 valence electrons. The van der Waals surface area contributed by atoms with E-state index >= 15 is 0 Å². The van der Waals surface area contributed by atoms with Gasteiger partial charge in [0.1, 0.15) is 11.6 Å². The van der Waals surface area contributed by atoms with Gasteiger partial charge in [0, 0.05) is 16.8 Å². The summed E-state index contributed by atoms with van der Waals surface area (Å²) < 4.78 is 38.7.